The number of hydrogen-bond donors (Lipinski definition) is 1. The summed E-state index contributed by atoms with van der Waals surface area (Å²) in [6, 6.07) is 11.3. The zero-order valence-electron chi connectivity index (χ0n) is 17.0. The Morgan fingerprint density at radius 1 is 0.968 bits per heavy atom. The van der Waals surface area contributed by atoms with E-state index in [4.69, 9.17) is 14.2 Å². The molecule has 2 aromatic rings. The fourth-order valence-corrected chi connectivity index (χ4v) is 4.72. The number of carbonyl (C=O) groups excluding carboxylic acids is 1. The Morgan fingerprint density at radius 3 is 2.48 bits per heavy atom. The van der Waals surface area contributed by atoms with Crippen LogP contribution < -0.4 is 14.9 Å². The van der Waals surface area contributed by atoms with E-state index in [1.54, 1.807) is 31.2 Å². The number of carbonyl (C=O) groups is 1. The van der Waals surface area contributed by atoms with Crippen molar-refractivity contribution in [1.82, 2.24) is 9.73 Å². The maximum atomic E-state index is 12.8. The lowest BCUT2D eigenvalue weighted by Gasteiger charge is -2.26. The summed E-state index contributed by atoms with van der Waals surface area (Å²) in [5, 5.41) is 4.15. The molecule has 1 amide bonds. The van der Waals surface area contributed by atoms with Crippen molar-refractivity contribution in [2.75, 3.05) is 39.5 Å². The van der Waals surface area contributed by atoms with Gasteiger partial charge in [-0.1, -0.05) is 6.07 Å². The molecule has 2 aromatic carbocycles. The van der Waals surface area contributed by atoms with Gasteiger partial charge in [0, 0.05) is 24.2 Å². The standard InChI is InChI=1S/C21H23N3O6S/c1-15(16-5-6-19-20(14-16)30-12-11-29-19)22-23-21(25)17-3-2-4-18(13-17)31(26,27)24-7-9-28-10-8-24/h2-6,13-14H,7-12H2,1H3,(H,23,25). The van der Waals surface area contributed by atoms with Crippen LogP contribution in [-0.2, 0) is 14.8 Å². The molecule has 0 aliphatic carbocycles. The third-order valence-electron chi connectivity index (χ3n) is 4.99. The lowest BCUT2D eigenvalue weighted by atomic mass is 10.1. The van der Waals surface area contributed by atoms with Gasteiger partial charge in [-0.3, -0.25) is 4.79 Å². The van der Waals surface area contributed by atoms with Gasteiger partial charge < -0.3 is 14.2 Å². The van der Waals surface area contributed by atoms with Gasteiger partial charge in [0.2, 0.25) is 10.0 Å². The molecule has 1 N–H and O–H groups in total. The molecular weight excluding hydrogens is 422 g/mol. The van der Waals surface area contributed by atoms with Gasteiger partial charge in [0.25, 0.3) is 5.91 Å². The zero-order valence-corrected chi connectivity index (χ0v) is 17.9. The zero-order chi connectivity index (χ0) is 21.8. The van der Waals surface area contributed by atoms with Crippen LogP contribution in [0.25, 0.3) is 0 Å². The molecule has 0 radical (unpaired) electrons. The Morgan fingerprint density at radius 2 is 1.71 bits per heavy atom. The molecule has 0 atom stereocenters. The van der Waals surface area contributed by atoms with Crippen LogP contribution in [0.3, 0.4) is 0 Å². The van der Waals surface area contributed by atoms with Gasteiger partial charge in [-0.15, -0.1) is 0 Å². The molecule has 0 bridgehead atoms. The van der Waals surface area contributed by atoms with Crippen molar-refractivity contribution in [3.63, 3.8) is 0 Å². The third-order valence-corrected chi connectivity index (χ3v) is 6.88. The van der Waals surface area contributed by atoms with E-state index < -0.39 is 15.9 Å². The minimum absolute atomic E-state index is 0.0644. The van der Waals surface area contributed by atoms with Gasteiger partial charge in [-0.05, 0) is 43.3 Å². The predicted molar refractivity (Wildman–Crippen MR) is 113 cm³/mol. The Hall–Kier alpha value is -2.95. The fraction of sp³-hybridized carbons (Fsp3) is 0.333. The number of sulfonamides is 1. The normalized spacial score (nSPS) is 17.3. The van der Waals surface area contributed by atoms with Gasteiger partial charge in [0.15, 0.2) is 11.5 Å². The summed E-state index contributed by atoms with van der Waals surface area (Å²) in [7, 11) is -3.69. The van der Waals surface area contributed by atoms with E-state index in [9.17, 15) is 13.2 Å². The molecule has 10 heteroatoms. The maximum Gasteiger partial charge on any atom is 0.271 e. The van der Waals surface area contributed by atoms with E-state index in [0.29, 0.717) is 43.6 Å². The number of nitrogens with zero attached hydrogens (tertiary/aromatic N) is 2. The highest BCUT2D eigenvalue weighted by Gasteiger charge is 2.26. The number of benzene rings is 2. The van der Waals surface area contributed by atoms with Gasteiger partial charge in [-0.2, -0.15) is 9.41 Å². The molecule has 31 heavy (non-hydrogen) atoms. The Balaban J connectivity index is 1.48. The number of rotatable bonds is 5. The van der Waals surface area contributed by atoms with E-state index >= 15 is 0 Å². The highest BCUT2D eigenvalue weighted by molar-refractivity contribution is 7.89. The van der Waals surface area contributed by atoms with Crippen molar-refractivity contribution in [3.05, 3.63) is 53.6 Å². The molecule has 2 aliphatic rings. The molecule has 2 heterocycles. The van der Waals surface area contributed by atoms with E-state index in [0.717, 1.165) is 5.56 Å². The van der Waals surface area contributed by atoms with Crippen LogP contribution in [0.4, 0.5) is 0 Å². The summed E-state index contributed by atoms with van der Waals surface area (Å²) in [6.45, 7) is 4.03. The van der Waals surface area contributed by atoms with Gasteiger partial charge in [0.1, 0.15) is 13.2 Å². The van der Waals surface area contributed by atoms with Gasteiger partial charge in [-0.25, -0.2) is 13.8 Å². The summed E-state index contributed by atoms with van der Waals surface area (Å²) >= 11 is 0. The molecule has 4 rings (SSSR count). The highest BCUT2D eigenvalue weighted by Crippen LogP contribution is 2.30. The second-order valence-corrected chi connectivity index (χ2v) is 8.98. The first-order valence-electron chi connectivity index (χ1n) is 9.88. The van der Waals surface area contributed by atoms with Crippen LogP contribution in [-0.4, -0.2) is 63.9 Å². The topological polar surface area (TPSA) is 107 Å². The summed E-state index contributed by atoms with van der Waals surface area (Å²) in [5.74, 6) is 0.798. The molecule has 2 aliphatic heterocycles. The molecule has 9 nitrogen and oxygen atoms in total. The van der Waals surface area contributed by atoms with E-state index in [1.807, 2.05) is 6.07 Å². The van der Waals surface area contributed by atoms with E-state index in [1.165, 1.54) is 16.4 Å². The molecule has 0 unspecified atom stereocenters. The first kappa shape index (κ1) is 21.3. The summed E-state index contributed by atoms with van der Waals surface area (Å²) in [6.07, 6.45) is 0. The van der Waals surface area contributed by atoms with Crippen molar-refractivity contribution < 1.29 is 27.4 Å². The number of hydrogen-bond acceptors (Lipinski definition) is 7. The number of fused-ring (bicyclic) bond motifs is 1. The molecule has 1 saturated heterocycles. The van der Waals surface area contributed by atoms with Crippen LogP contribution in [0, 0.1) is 0 Å². The second-order valence-electron chi connectivity index (χ2n) is 7.04. The summed E-state index contributed by atoms with van der Waals surface area (Å²) < 4.78 is 43.3. The van der Waals surface area contributed by atoms with Crippen molar-refractivity contribution in [2.45, 2.75) is 11.8 Å². The Kier molecular flexibility index (Phi) is 6.21. The van der Waals surface area contributed by atoms with Crippen molar-refractivity contribution in [2.24, 2.45) is 5.10 Å². The minimum Gasteiger partial charge on any atom is -0.486 e. The minimum atomic E-state index is -3.69. The first-order valence-corrected chi connectivity index (χ1v) is 11.3. The summed E-state index contributed by atoms with van der Waals surface area (Å²) in [5.41, 5.74) is 4.03. The second kappa shape index (κ2) is 9.04. The molecule has 1 fully saturated rings. The van der Waals surface area contributed by atoms with E-state index in [-0.39, 0.29) is 23.5 Å². The smallest absolute Gasteiger partial charge is 0.271 e. The van der Waals surface area contributed by atoms with Crippen molar-refractivity contribution >= 4 is 21.6 Å². The van der Waals surface area contributed by atoms with Crippen molar-refractivity contribution in [1.29, 1.82) is 0 Å². The number of ether oxygens (including phenoxy) is 3. The lowest BCUT2D eigenvalue weighted by Crippen LogP contribution is -2.40. The SMILES string of the molecule is CC(=NNC(=O)c1cccc(S(=O)(=O)N2CCOCC2)c1)c1ccc2c(c1)OCCO2. The first-order chi connectivity index (χ1) is 14.9. The van der Waals surface area contributed by atoms with Crippen molar-refractivity contribution in [3.8, 4) is 11.5 Å². The number of amides is 1. The average Bonchev–Trinajstić information content (AvgIpc) is 2.82. The Bertz CT molecular complexity index is 1110. The maximum absolute atomic E-state index is 12.8. The Labute approximate surface area is 180 Å². The molecule has 0 spiro atoms. The highest BCUT2D eigenvalue weighted by atomic mass is 32.2. The molecular formula is C21H23N3O6S. The number of morpholine rings is 1. The lowest BCUT2D eigenvalue weighted by molar-refractivity contribution is 0.0730. The van der Waals surface area contributed by atoms with Crippen LogP contribution in [0.2, 0.25) is 0 Å². The summed E-state index contributed by atoms with van der Waals surface area (Å²) in [4.78, 5) is 12.6. The molecule has 0 aromatic heterocycles. The molecule has 164 valence electrons. The average molecular weight is 445 g/mol. The third kappa shape index (κ3) is 4.71. The van der Waals surface area contributed by atoms with Crippen LogP contribution in [0.1, 0.15) is 22.8 Å². The van der Waals surface area contributed by atoms with Crippen LogP contribution >= 0.6 is 0 Å². The predicted octanol–water partition coefficient (Wildman–Crippen LogP) is 1.63. The number of hydrazone groups is 1. The quantitative estimate of drug-likeness (QED) is 0.554. The van der Waals surface area contributed by atoms with Gasteiger partial charge in [0.05, 0.1) is 23.8 Å². The molecule has 0 saturated carbocycles. The number of nitrogens with one attached hydrogen (secondary N) is 1. The monoisotopic (exact) mass is 445 g/mol. The fourth-order valence-electron chi connectivity index (χ4n) is 3.27. The van der Waals surface area contributed by atoms with Crippen LogP contribution in [0.15, 0.2) is 52.5 Å². The largest absolute Gasteiger partial charge is 0.486 e. The van der Waals surface area contributed by atoms with Crippen LogP contribution in [0.5, 0.6) is 11.5 Å². The van der Waals surface area contributed by atoms with Gasteiger partial charge >= 0.3 is 0 Å². The van der Waals surface area contributed by atoms with E-state index in [2.05, 4.69) is 10.5 Å².